The molecular weight excluding hydrogens is 288 g/mol. The van der Waals surface area contributed by atoms with E-state index in [9.17, 15) is 4.79 Å². The van der Waals surface area contributed by atoms with E-state index >= 15 is 0 Å². The predicted octanol–water partition coefficient (Wildman–Crippen LogP) is 1.98. The molecule has 1 aromatic carbocycles. The van der Waals surface area contributed by atoms with E-state index < -0.39 is 0 Å². The number of nitrogens with one attached hydrogen (secondary N) is 2. The number of rotatable bonds is 5. The van der Waals surface area contributed by atoms with Gasteiger partial charge in [-0.2, -0.15) is 5.10 Å². The van der Waals surface area contributed by atoms with Crippen molar-refractivity contribution in [1.29, 1.82) is 0 Å². The second kappa shape index (κ2) is 6.96. The van der Waals surface area contributed by atoms with E-state index in [4.69, 9.17) is 0 Å². The van der Waals surface area contributed by atoms with Gasteiger partial charge in [-0.05, 0) is 51.4 Å². The second-order valence-corrected chi connectivity index (χ2v) is 6.29. The summed E-state index contributed by atoms with van der Waals surface area (Å²) in [6.45, 7) is 4.98. The highest BCUT2D eigenvalue weighted by molar-refractivity contribution is 5.82. The molecule has 1 amide bonds. The van der Waals surface area contributed by atoms with Crippen LogP contribution < -0.4 is 10.6 Å². The Hall–Kier alpha value is -2.14. The molecule has 23 heavy (non-hydrogen) atoms. The van der Waals surface area contributed by atoms with E-state index in [-0.39, 0.29) is 18.0 Å². The standard InChI is InChI=1S/C18H24N4O/c1-13(20-18(23)17-9-6-10-19-17)11-16-12-14(2)21-22(16)15-7-4-3-5-8-15/h3-5,7-8,12-13,17,19H,6,9-11H2,1-2H3,(H,20,23)/t13-,17-/m0/s1. The van der Waals surface area contributed by atoms with Crippen LogP contribution in [0.15, 0.2) is 36.4 Å². The van der Waals surface area contributed by atoms with Gasteiger partial charge in [0.15, 0.2) is 0 Å². The number of amides is 1. The van der Waals surface area contributed by atoms with E-state index in [1.807, 2.05) is 48.9 Å². The third-order valence-corrected chi connectivity index (χ3v) is 4.19. The van der Waals surface area contributed by atoms with Crippen molar-refractivity contribution in [1.82, 2.24) is 20.4 Å². The van der Waals surface area contributed by atoms with Crippen molar-refractivity contribution in [3.8, 4) is 5.69 Å². The first-order valence-electron chi connectivity index (χ1n) is 8.28. The molecule has 2 heterocycles. The largest absolute Gasteiger partial charge is 0.352 e. The number of hydrogen-bond acceptors (Lipinski definition) is 3. The molecule has 1 saturated heterocycles. The molecule has 0 aliphatic carbocycles. The van der Waals surface area contributed by atoms with Gasteiger partial charge in [-0.3, -0.25) is 4.79 Å². The Kier molecular flexibility index (Phi) is 4.76. The van der Waals surface area contributed by atoms with Crippen molar-refractivity contribution in [2.24, 2.45) is 0 Å². The minimum absolute atomic E-state index is 0.0294. The van der Waals surface area contributed by atoms with Crippen molar-refractivity contribution in [3.63, 3.8) is 0 Å². The Morgan fingerprint density at radius 2 is 2.22 bits per heavy atom. The van der Waals surface area contributed by atoms with Crippen LogP contribution in [0.5, 0.6) is 0 Å². The van der Waals surface area contributed by atoms with Crippen LogP contribution in [-0.2, 0) is 11.2 Å². The summed E-state index contributed by atoms with van der Waals surface area (Å²) in [7, 11) is 0. The van der Waals surface area contributed by atoms with E-state index in [0.29, 0.717) is 0 Å². The van der Waals surface area contributed by atoms with Crippen molar-refractivity contribution in [3.05, 3.63) is 47.8 Å². The van der Waals surface area contributed by atoms with E-state index in [1.165, 1.54) is 0 Å². The van der Waals surface area contributed by atoms with Gasteiger partial charge in [0.25, 0.3) is 0 Å². The van der Waals surface area contributed by atoms with Crippen LogP contribution in [-0.4, -0.2) is 34.3 Å². The lowest BCUT2D eigenvalue weighted by Crippen LogP contribution is -2.45. The van der Waals surface area contributed by atoms with Gasteiger partial charge in [0.1, 0.15) is 0 Å². The molecule has 3 rings (SSSR count). The number of para-hydroxylation sites is 1. The van der Waals surface area contributed by atoms with Crippen LogP contribution >= 0.6 is 0 Å². The summed E-state index contributed by atoms with van der Waals surface area (Å²) in [5, 5.41) is 10.9. The van der Waals surface area contributed by atoms with Gasteiger partial charge in [-0.25, -0.2) is 4.68 Å². The molecule has 0 bridgehead atoms. The molecule has 1 aromatic heterocycles. The quantitative estimate of drug-likeness (QED) is 0.887. The maximum atomic E-state index is 12.2. The number of carbonyl (C=O) groups is 1. The summed E-state index contributed by atoms with van der Waals surface area (Å²) in [6, 6.07) is 12.2. The molecule has 122 valence electrons. The molecule has 0 spiro atoms. The Labute approximate surface area is 137 Å². The average Bonchev–Trinajstić information content (AvgIpc) is 3.18. The predicted molar refractivity (Wildman–Crippen MR) is 90.6 cm³/mol. The van der Waals surface area contributed by atoms with Gasteiger partial charge in [0.05, 0.1) is 17.4 Å². The fraction of sp³-hybridized carbons (Fsp3) is 0.444. The van der Waals surface area contributed by atoms with Crippen LogP contribution in [0.3, 0.4) is 0 Å². The molecule has 5 nitrogen and oxygen atoms in total. The van der Waals surface area contributed by atoms with Gasteiger partial charge >= 0.3 is 0 Å². The molecular formula is C18H24N4O. The highest BCUT2D eigenvalue weighted by Crippen LogP contribution is 2.14. The third-order valence-electron chi connectivity index (χ3n) is 4.19. The normalized spacial score (nSPS) is 18.8. The smallest absolute Gasteiger partial charge is 0.237 e. The molecule has 0 unspecified atom stereocenters. The summed E-state index contributed by atoms with van der Waals surface area (Å²) >= 11 is 0. The van der Waals surface area contributed by atoms with Crippen LogP contribution in [0.4, 0.5) is 0 Å². The van der Waals surface area contributed by atoms with Crippen molar-refractivity contribution >= 4 is 5.91 Å². The lowest BCUT2D eigenvalue weighted by molar-refractivity contribution is -0.123. The Morgan fingerprint density at radius 3 is 2.91 bits per heavy atom. The maximum Gasteiger partial charge on any atom is 0.237 e. The van der Waals surface area contributed by atoms with E-state index in [1.54, 1.807) is 0 Å². The molecule has 2 N–H and O–H groups in total. The number of carbonyl (C=O) groups excluding carboxylic acids is 1. The van der Waals surface area contributed by atoms with Gasteiger partial charge in [-0.15, -0.1) is 0 Å². The maximum absolute atomic E-state index is 12.2. The van der Waals surface area contributed by atoms with Gasteiger partial charge in [-0.1, -0.05) is 18.2 Å². The monoisotopic (exact) mass is 312 g/mol. The molecule has 1 aliphatic heterocycles. The molecule has 5 heteroatoms. The molecule has 0 saturated carbocycles. The number of benzene rings is 1. The molecule has 2 atom stereocenters. The first-order chi connectivity index (χ1) is 11.1. The third kappa shape index (κ3) is 3.79. The highest BCUT2D eigenvalue weighted by atomic mass is 16.2. The zero-order chi connectivity index (χ0) is 16.2. The zero-order valence-electron chi connectivity index (χ0n) is 13.7. The van der Waals surface area contributed by atoms with Crippen molar-refractivity contribution < 1.29 is 4.79 Å². The first-order valence-corrected chi connectivity index (χ1v) is 8.28. The van der Waals surface area contributed by atoms with Gasteiger partial charge in [0.2, 0.25) is 5.91 Å². The molecule has 0 radical (unpaired) electrons. The minimum Gasteiger partial charge on any atom is -0.352 e. The van der Waals surface area contributed by atoms with Crippen LogP contribution in [0, 0.1) is 6.92 Å². The summed E-state index contributed by atoms with van der Waals surface area (Å²) in [5.41, 5.74) is 3.15. The zero-order valence-corrected chi connectivity index (χ0v) is 13.7. The second-order valence-electron chi connectivity index (χ2n) is 6.29. The Balaban J connectivity index is 1.69. The number of nitrogens with zero attached hydrogens (tertiary/aromatic N) is 2. The lowest BCUT2D eigenvalue weighted by atomic mass is 10.1. The van der Waals surface area contributed by atoms with E-state index in [0.717, 1.165) is 42.9 Å². The SMILES string of the molecule is Cc1cc(C[C@H](C)NC(=O)[C@@H]2CCCN2)n(-c2ccccc2)n1. The fourth-order valence-corrected chi connectivity index (χ4v) is 3.11. The fourth-order valence-electron chi connectivity index (χ4n) is 3.11. The van der Waals surface area contributed by atoms with Crippen molar-refractivity contribution in [2.45, 2.75) is 45.2 Å². The van der Waals surface area contributed by atoms with Crippen LogP contribution in [0.25, 0.3) is 5.69 Å². The minimum atomic E-state index is -0.0294. The Bertz CT molecular complexity index is 659. The van der Waals surface area contributed by atoms with Crippen LogP contribution in [0.1, 0.15) is 31.2 Å². The highest BCUT2D eigenvalue weighted by Gasteiger charge is 2.23. The number of aromatic nitrogens is 2. The summed E-state index contributed by atoms with van der Waals surface area (Å²) in [4.78, 5) is 12.2. The first kappa shape index (κ1) is 15.7. The Morgan fingerprint density at radius 1 is 1.43 bits per heavy atom. The van der Waals surface area contributed by atoms with E-state index in [2.05, 4.69) is 21.8 Å². The molecule has 1 aliphatic rings. The number of hydrogen-bond donors (Lipinski definition) is 2. The molecule has 1 fully saturated rings. The summed E-state index contributed by atoms with van der Waals surface area (Å²) < 4.78 is 1.96. The molecule has 2 aromatic rings. The van der Waals surface area contributed by atoms with Gasteiger partial charge < -0.3 is 10.6 Å². The van der Waals surface area contributed by atoms with Gasteiger partial charge in [0, 0.05) is 18.2 Å². The topological polar surface area (TPSA) is 59.0 Å². The number of aryl methyl sites for hydroxylation is 1. The van der Waals surface area contributed by atoms with Crippen LogP contribution in [0.2, 0.25) is 0 Å². The lowest BCUT2D eigenvalue weighted by Gasteiger charge is -2.18. The average molecular weight is 312 g/mol. The summed E-state index contributed by atoms with van der Waals surface area (Å²) in [6.07, 6.45) is 2.76. The van der Waals surface area contributed by atoms with Crippen molar-refractivity contribution in [2.75, 3.05) is 6.54 Å². The summed E-state index contributed by atoms with van der Waals surface area (Å²) in [5.74, 6) is 0.109.